The standard InChI is InChI=1S/C16H14BrNO5.Na/c1-7(20)13-12-5-11(14(16(22)23)18(12)15(13)21)9-2-8(6-19)3-10(17)4-9;/h2-4,6-7,12-13,20H,5H2,1H3,(H,22,23);/q;+1/p-1/t7-,12-,13-;/m1./s1. The Morgan fingerprint density at radius 2 is 2.12 bits per heavy atom. The van der Waals surface area contributed by atoms with Gasteiger partial charge in [0, 0.05) is 10.0 Å². The van der Waals surface area contributed by atoms with Crippen molar-refractivity contribution in [3.63, 3.8) is 0 Å². The normalized spacial score (nSPS) is 23.3. The number of fused-ring (bicyclic) bond motifs is 1. The van der Waals surface area contributed by atoms with Crippen molar-refractivity contribution in [3.05, 3.63) is 39.5 Å². The molecule has 0 radical (unpaired) electrons. The first-order chi connectivity index (χ1) is 10.8. The van der Waals surface area contributed by atoms with Crippen molar-refractivity contribution < 1.29 is 54.2 Å². The molecule has 0 spiro atoms. The maximum Gasteiger partial charge on any atom is 1.00 e. The Kier molecular flexibility index (Phi) is 5.71. The molecule has 1 saturated heterocycles. The van der Waals surface area contributed by atoms with E-state index in [9.17, 15) is 24.6 Å². The second kappa shape index (κ2) is 7.09. The third-order valence-electron chi connectivity index (χ3n) is 4.33. The van der Waals surface area contributed by atoms with E-state index in [4.69, 9.17) is 0 Å². The maximum atomic E-state index is 12.1. The molecule has 2 aliphatic heterocycles. The number of carboxylic acids is 1. The van der Waals surface area contributed by atoms with Crippen LogP contribution in [0.3, 0.4) is 0 Å². The van der Waals surface area contributed by atoms with Crippen molar-refractivity contribution in [2.75, 3.05) is 0 Å². The van der Waals surface area contributed by atoms with Crippen LogP contribution in [0.5, 0.6) is 0 Å². The van der Waals surface area contributed by atoms with Crippen LogP contribution >= 0.6 is 15.9 Å². The number of carbonyl (C=O) groups is 3. The molecule has 3 atom stereocenters. The van der Waals surface area contributed by atoms with E-state index >= 15 is 0 Å². The van der Waals surface area contributed by atoms with Crippen LogP contribution < -0.4 is 34.7 Å². The van der Waals surface area contributed by atoms with Crippen molar-refractivity contribution in [1.29, 1.82) is 0 Å². The van der Waals surface area contributed by atoms with Crippen molar-refractivity contribution >= 4 is 39.7 Å². The Labute approximate surface area is 168 Å². The zero-order chi connectivity index (χ0) is 16.9. The Hall–Kier alpha value is -0.990. The predicted molar refractivity (Wildman–Crippen MR) is 81.9 cm³/mol. The predicted octanol–water partition coefficient (Wildman–Crippen LogP) is -2.66. The molecule has 24 heavy (non-hydrogen) atoms. The largest absolute Gasteiger partial charge is 1.00 e. The average Bonchev–Trinajstić information content (AvgIpc) is 2.81. The summed E-state index contributed by atoms with van der Waals surface area (Å²) in [5.74, 6) is -2.46. The Balaban J connectivity index is 0.00000208. The summed E-state index contributed by atoms with van der Waals surface area (Å²) in [4.78, 5) is 35.9. The number of carboxylic acid groups (broad SMARTS) is 1. The van der Waals surface area contributed by atoms with E-state index in [1.54, 1.807) is 18.2 Å². The molecule has 2 heterocycles. The van der Waals surface area contributed by atoms with Gasteiger partial charge >= 0.3 is 29.6 Å². The number of hydrogen-bond donors (Lipinski definition) is 1. The van der Waals surface area contributed by atoms with Gasteiger partial charge in [0.05, 0.1) is 29.7 Å². The van der Waals surface area contributed by atoms with Gasteiger partial charge in [0.25, 0.3) is 0 Å². The number of nitrogens with zero attached hydrogens (tertiary/aromatic N) is 1. The number of benzene rings is 1. The van der Waals surface area contributed by atoms with Gasteiger partial charge < -0.3 is 19.9 Å². The molecule has 2 aliphatic rings. The first kappa shape index (κ1) is 19.3. The van der Waals surface area contributed by atoms with Crippen LogP contribution in [-0.4, -0.2) is 40.3 Å². The van der Waals surface area contributed by atoms with Crippen LogP contribution in [0.1, 0.15) is 29.3 Å². The summed E-state index contributed by atoms with van der Waals surface area (Å²) >= 11 is 3.29. The van der Waals surface area contributed by atoms with Gasteiger partial charge in [-0.25, -0.2) is 0 Å². The number of amides is 1. The van der Waals surface area contributed by atoms with Crippen LogP contribution in [0.4, 0.5) is 0 Å². The van der Waals surface area contributed by atoms with Crippen LogP contribution in [0.25, 0.3) is 5.57 Å². The molecule has 0 aliphatic carbocycles. The number of halogens is 1. The molecule has 0 saturated carbocycles. The summed E-state index contributed by atoms with van der Waals surface area (Å²) in [7, 11) is 0. The van der Waals surface area contributed by atoms with E-state index in [-0.39, 0.29) is 41.3 Å². The molecule has 0 aromatic heterocycles. The average molecular weight is 402 g/mol. The summed E-state index contributed by atoms with van der Waals surface area (Å²) in [5.41, 5.74) is 1.21. The fraction of sp³-hybridized carbons (Fsp3) is 0.312. The monoisotopic (exact) mass is 401 g/mol. The fourth-order valence-electron chi connectivity index (χ4n) is 3.37. The summed E-state index contributed by atoms with van der Waals surface area (Å²) in [6.45, 7) is 1.51. The molecule has 1 aromatic carbocycles. The van der Waals surface area contributed by atoms with Crippen LogP contribution in [0.15, 0.2) is 28.4 Å². The Bertz CT molecular complexity index is 761. The number of carbonyl (C=O) groups excluding carboxylic acids is 3. The van der Waals surface area contributed by atoms with Crippen molar-refractivity contribution in [3.8, 4) is 0 Å². The summed E-state index contributed by atoms with van der Waals surface area (Å²) in [6.07, 6.45) is 0.125. The zero-order valence-corrected chi connectivity index (χ0v) is 16.7. The van der Waals surface area contributed by atoms with Crippen LogP contribution in [0.2, 0.25) is 0 Å². The number of aliphatic hydroxyl groups excluding tert-OH is 1. The molecule has 0 bridgehead atoms. The second-order valence-electron chi connectivity index (χ2n) is 5.75. The van der Waals surface area contributed by atoms with Gasteiger partial charge in [-0.2, -0.15) is 0 Å². The van der Waals surface area contributed by atoms with Gasteiger partial charge in [-0.15, -0.1) is 0 Å². The first-order valence-electron chi connectivity index (χ1n) is 7.07. The number of aliphatic carboxylic acids is 1. The minimum atomic E-state index is -1.44. The quantitative estimate of drug-likeness (QED) is 0.337. The molecule has 3 rings (SSSR count). The van der Waals surface area contributed by atoms with E-state index in [0.29, 0.717) is 33.9 Å². The van der Waals surface area contributed by atoms with Gasteiger partial charge in [-0.05, 0) is 42.7 Å². The molecule has 1 amide bonds. The molecule has 6 nitrogen and oxygen atoms in total. The van der Waals surface area contributed by atoms with E-state index in [1.807, 2.05) is 0 Å². The smallest absolute Gasteiger partial charge is 0.543 e. The van der Waals surface area contributed by atoms with E-state index in [1.165, 1.54) is 11.8 Å². The topological polar surface area (TPSA) is 97.7 Å². The van der Waals surface area contributed by atoms with Crippen LogP contribution in [0, 0.1) is 5.92 Å². The fourth-order valence-corrected chi connectivity index (χ4v) is 3.88. The van der Waals surface area contributed by atoms with E-state index < -0.39 is 23.9 Å². The third kappa shape index (κ3) is 2.99. The third-order valence-corrected chi connectivity index (χ3v) is 4.78. The van der Waals surface area contributed by atoms with Crippen molar-refractivity contribution in [2.24, 2.45) is 5.92 Å². The summed E-state index contributed by atoms with van der Waals surface area (Å²) < 4.78 is 0.634. The molecule has 1 fully saturated rings. The number of hydrogen-bond acceptors (Lipinski definition) is 5. The zero-order valence-electron chi connectivity index (χ0n) is 13.2. The minimum absolute atomic E-state index is 0. The Morgan fingerprint density at radius 1 is 1.46 bits per heavy atom. The number of aldehydes is 1. The number of β-lactam (4-membered cyclic amide) rings is 1. The number of rotatable bonds is 4. The SMILES string of the molecule is C[C@@H](O)[C@H]1C(=O)N2C(C(=O)[O-])=C(c3cc(Br)cc(C=O)c3)C[C@H]12.[Na+]. The van der Waals surface area contributed by atoms with Crippen molar-refractivity contribution in [2.45, 2.75) is 25.5 Å². The molecule has 1 aromatic rings. The first-order valence-corrected chi connectivity index (χ1v) is 7.86. The van der Waals surface area contributed by atoms with E-state index in [0.717, 1.165) is 0 Å². The molecule has 1 N–H and O–H groups in total. The van der Waals surface area contributed by atoms with Gasteiger partial charge in [0.2, 0.25) is 5.91 Å². The molecule has 0 unspecified atom stereocenters. The van der Waals surface area contributed by atoms with Gasteiger partial charge in [-0.3, -0.25) is 9.59 Å². The Morgan fingerprint density at radius 3 is 2.67 bits per heavy atom. The minimum Gasteiger partial charge on any atom is -0.543 e. The van der Waals surface area contributed by atoms with Gasteiger partial charge in [0.15, 0.2) is 0 Å². The molecular weight excluding hydrogens is 389 g/mol. The van der Waals surface area contributed by atoms with E-state index in [2.05, 4.69) is 15.9 Å². The maximum absolute atomic E-state index is 12.1. The second-order valence-corrected chi connectivity index (χ2v) is 6.67. The molecule has 120 valence electrons. The molecule has 8 heteroatoms. The number of aliphatic hydroxyl groups is 1. The summed E-state index contributed by atoms with van der Waals surface area (Å²) in [5, 5.41) is 21.2. The van der Waals surface area contributed by atoms with Gasteiger partial charge in [0.1, 0.15) is 6.29 Å². The van der Waals surface area contributed by atoms with Gasteiger partial charge in [-0.1, -0.05) is 15.9 Å². The summed E-state index contributed by atoms with van der Waals surface area (Å²) in [6, 6.07) is 4.50. The molecular formula is C16H13BrNNaO5. The van der Waals surface area contributed by atoms with Crippen molar-refractivity contribution in [1.82, 2.24) is 4.90 Å². The van der Waals surface area contributed by atoms with Crippen LogP contribution in [-0.2, 0) is 9.59 Å².